The summed E-state index contributed by atoms with van der Waals surface area (Å²) in [6, 6.07) is 3.95. The Labute approximate surface area is 114 Å². The predicted octanol–water partition coefficient (Wildman–Crippen LogP) is 2.67. The zero-order chi connectivity index (χ0) is 13.8. The topological polar surface area (TPSA) is 42.4 Å². The summed E-state index contributed by atoms with van der Waals surface area (Å²) in [7, 11) is 0. The predicted molar refractivity (Wildman–Crippen MR) is 75.6 cm³/mol. The number of pyridine rings is 1. The molecule has 1 fully saturated rings. The Balaban J connectivity index is 1.94. The standard InChI is InChI=1S/C15H22N2O2/c1-11(2)19-15-5-4-14(10-16-15)17-8-6-13(7-9-17)12(3)18/h4-5,10-11,13H,6-9H2,1-3H3. The number of aromatic nitrogens is 1. The molecule has 19 heavy (non-hydrogen) atoms. The first-order chi connectivity index (χ1) is 9.06. The Morgan fingerprint density at radius 2 is 2.05 bits per heavy atom. The molecule has 0 unspecified atom stereocenters. The second-order valence-electron chi connectivity index (χ2n) is 5.39. The van der Waals surface area contributed by atoms with Crippen LogP contribution in [-0.4, -0.2) is 30.0 Å². The highest BCUT2D eigenvalue weighted by Crippen LogP contribution is 2.24. The van der Waals surface area contributed by atoms with E-state index in [9.17, 15) is 4.79 Å². The Morgan fingerprint density at radius 3 is 2.53 bits per heavy atom. The third kappa shape index (κ3) is 3.69. The molecule has 0 atom stereocenters. The van der Waals surface area contributed by atoms with Crippen LogP contribution in [0, 0.1) is 5.92 Å². The number of hydrogen-bond acceptors (Lipinski definition) is 4. The number of hydrogen-bond donors (Lipinski definition) is 0. The van der Waals surface area contributed by atoms with Crippen LogP contribution in [0.3, 0.4) is 0 Å². The summed E-state index contributed by atoms with van der Waals surface area (Å²) in [4.78, 5) is 17.9. The van der Waals surface area contributed by atoms with Crippen molar-refractivity contribution in [2.75, 3.05) is 18.0 Å². The smallest absolute Gasteiger partial charge is 0.213 e. The van der Waals surface area contributed by atoms with Crippen molar-refractivity contribution in [3.8, 4) is 5.88 Å². The van der Waals surface area contributed by atoms with Crippen molar-refractivity contribution < 1.29 is 9.53 Å². The molecule has 0 amide bonds. The summed E-state index contributed by atoms with van der Waals surface area (Å²) in [6.07, 6.45) is 3.88. The fourth-order valence-electron chi connectivity index (χ4n) is 2.41. The zero-order valence-corrected chi connectivity index (χ0v) is 11.9. The number of anilines is 1. The van der Waals surface area contributed by atoms with Crippen LogP contribution in [0.4, 0.5) is 5.69 Å². The highest BCUT2D eigenvalue weighted by molar-refractivity contribution is 5.78. The van der Waals surface area contributed by atoms with E-state index in [4.69, 9.17) is 4.74 Å². The number of ether oxygens (including phenoxy) is 1. The summed E-state index contributed by atoms with van der Waals surface area (Å²) in [6.45, 7) is 7.52. The fraction of sp³-hybridized carbons (Fsp3) is 0.600. The molecule has 2 heterocycles. The van der Waals surface area contributed by atoms with Gasteiger partial charge in [-0.1, -0.05) is 0 Å². The second-order valence-corrected chi connectivity index (χ2v) is 5.39. The van der Waals surface area contributed by atoms with E-state index in [0.717, 1.165) is 31.6 Å². The van der Waals surface area contributed by atoms with Gasteiger partial charge in [0.05, 0.1) is 18.0 Å². The van der Waals surface area contributed by atoms with E-state index in [1.54, 1.807) is 6.92 Å². The Bertz CT molecular complexity index is 420. The maximum Gasteiger partial charge on any atom is 0.213 e. The minimum absolute atomic E-state index is 0.143. The molecule has 4 heteroatoms. The van der Waals surface area contributed by atoms with Crippen LogP contribution in [0.15, 0.2) is 18.3 Å². The lowest BCUT2D eigenvalue weighted by Gasteiger charge is -2.32. The van der Waals surface area contributed by atoms with Gasteiger partial charge >= 0.3 is 0 Å². The average molecular weight is 262 g/mol. The molecular formula is C15H22N2O2. The van der Waals surface area contributed by atoms with Gasteiger partial charge in [0.1, 0.15) is 5.78 Å². The number of carbonyl (C=O) groups is 1. The Kier molecular flexibility index (Phi) is 4.40. The van der Waals surface area contributed by atoms with Crippen LogP contribution in [-0.2, 0) is 4.79 Å². The van der Waals surface area contributed by atoms with Crippen LogP contribution >= 0.6 is 0 Å². The summed E-state index contributed by atoms with van der Waals surface area (Å²) < 4.78 is 5.53. The van der Waals surface area contributed by atoms with Gasteiger partial charge in [-0.25, -0.2) is 4.98 Å². The number of piperidine rings is 1. The van der Waals surface area contributed by atoms with Gasteiger partial charge in [-0.3, -0.25) is 4.79 Å². The first-order valence-corrected chi connectivity index (χ1v) is 6.94. The van der Waals surface area contributed by atoms with Crippen LogP contribution in [0.2, 0.25) is 0 Å². The van der Waals surface area contributed by atoms with E-state index in [1.807, 2.05) is 32.2 Å². The molecule has 1 aliphatic heterocycles. The highest BCUT2D eigenvalue weighted by atomic mass is 16.5. The average Bonchev–Trinajstić information content (AvgIpc) is 2.39. The minimum atomic E-state index is 0.143. The van der Waals surface area contributed by atoms with Crippen LogP contribution in [0.5, 0.6) is 5.88 Å². The van der Waals surface area contributed by atoms with E-state index in [-0.39, 0.29) is 12.0 Å². The number of rotatable bonds is 4. The van der Waals surface area contributed by atoms with Gasteiger partial charge in [-0.2, -0.15) is 0 Å². The van der Waals surface area contributed by atoms with Crippen molar-refractivity contribution in [2.45, 2.75) is 39.7 Å². The molecule has 0 spiro atoms. The molecular weight excluding hydrogens is 240 g/mol. The molecule has 0 saturated carbocycles. The Hall–Kier alpha value is -1.58. The van der Waals surface area contributed by atoms with Crippen molar-refractivity contribution >= 4 is 11.5 Å². The molecule has 1 aromatic heterocycles. The summed E-state index contributed by atoms with van der Waals surface area (Å²) >= 11 is 0. The molecule has 1 aromatic rings. The van der Waals surface area contributed by atoms with Gasteiger partial charge in [-0.05, 0) is 39.7 Å². The van der Waals surface area contributed by atoms with Crippen LogP contribution in [0.1, 0.15) is 33.6 Å². The molecule has 2 rings (SSSR count). The van der Waals surface area contributed by atoms with Gasteiger partial charge < -0.3 is 9.64 Å². The largest absolute Gasteiger partial charge is 0.475 e. The zero-order valence-electron chi connectivity index (χ0n) is 11.9. The van der Waals surface area contributed by atoms with Gasteiger partial charge in [0, 0.05) is 25.1 Å². The minimum Gasteiger partial charge on any atom is -0.475 e. The molecule has 0 radical (unpaired) electrons. The highest BCUT2D eigenvalue weighted by Gasteiger charge is 2.22. The quantitative estimate of drug-likeness (QED) is 0.836. The lowest BCUT2D eigenvalue weighted by Crippen LogP contribution is -2.35. The monoisotopic (exact) mass is 262 g/mol. The van der Waals surface area contributed by atoms with Gasteiger partial charge in [0.25, 0.3) is 0 Å². The first-order valence-electron chi connectivity index (χ1n) is 6.94. The second kappa shape index (κ2) is 6.04. The lowest BCUT2D eigenvalue weighted by atomic mass is 9.93. The van der Waals surface area contributed by atoms with E-state index in [1.165, 1.54) is 0 Å². The number of carbonyl (C=O) groups excluding carboxylic acids is 1. The third-order valence-corrected chi connectivity index (χ3v) is 3.51. The van der Waals surface area contributed by atoms with E-state index in [2.05, 4.69) is 9.88 Å². The lowest BCUT2D eigenvalue weighted by molar-refractivity contribution is -0.121. The molecule has 1 saturated heterocycles. The van der Waals surface area contributed by atoms with Crippen molar-refractivity contribution in [1.29, 1.82) is 0 Å². The van der Waals surface area contributed by atoms with Crippen molar-refractivity contribution in [3.63, 3.8) is 0 Å². The molecule has 0 aliphatic carbocycles. The van der Waals surface area contributed by atoms with E-state index in [0.29, 0.717) is 11.7 Å². The van der Waals surface area contributed by atoms with Crippen LogP contribution < -0.4 is 9.64 Å². The molecule has 104 valence electrons. The van der Waals surface area contributed by atoms with Gasteiger partial charge in [0.2, 0.25) is 5.88 Å². The van der Waals surface area contributed by atoms with Crippen LogP contribution in [0.25, 0.3) is 0 Å². The molecule has 0 N–H and O–H groups in total. The summed E-state index contributed by atoms with van der Waals surface area (Å²) in [5.74, 6) is 1.23. The number of Topliss-reactive ketones (excluding diaryl/α,β-unsaturated/α-hetero) is 1. The maximum atomic E-state index is 11.3. The van der Waals surface area contributed by atoms with Crippen molar-refractivity contribution in [3.05, 3.63) is 18.3 Å². The fourth-order valence-corrected chi connectivity index (χ4v) is 2.41. The number of ketones is 1. The summed E-state index contributed by atoms with van der Waals surface area (Å²) in [5.41, 5.74) is 1.11. The molecule has 4 nitrogen and oxygen atoms in total. The van der Waals surface area contributed by atoms with E-state index < -0.39 is 0 Å². The normalized spacial score (nSPS) is 16.7. The van der Waals surface area contributed by atoms with Crippen molar-refractivity contribution in [1.82, 2.24) is 4.98 Å². The molecule has 1 aliphatic rings. The number of nitrogens with zero attached hydrogens (tertiary/aromatic N) is 2. The van der Waals surface area contributed by atoms with Gasteiger partial charge in [0.15, 0.2) is 0 Å². The summed E-state index contributed by atoms with van der Waals surface area (Å²) in [5, 5.41) is 0. The maximum absolute atomic E-state index is 11.3. The molecule has 0 aromatic carbocycles. The first kappa shape index (κ1) is 13.8. The van der Waals surface area contributed by atoms with Gasteiger partial charge in [-0.15, -0.1) is 0 Å². The van der Waals surface area contributed by atoms with E-state index >= 15 is 0 Å². The molecule has 0 bridgehead atoms. The SMILES string of the molecule is CC(=O)C1CCN(c2ccc(OC(C)C)nc2)CC1. The third-order valence-electron chi connectivity index (χ3n) is 3.51. The van der Waals surface area contributed by atoms with Crippen molar-refractivity contribution in [2.24, 2.45) is 5.92 Å². The Morgan fingerprint density at radius 1 is 1.37 bits per heavy atom.